The third-order valence-corrected chi connectivity index (χ3v) is 3.41. The Labute approximate surface area is 129 Å². The summed E-state index contributed by atoms with van der Waals surface area (Å²) in [5.41, 5.74) is 8.38. The Balaban J connectivity index is 2.25. The first kappa shape index (κ1) is 15.9. The van der Waals surface area contributed by atoms with E-state index >= 15 is 0 Å². The molecule has 2 aromatic carbocycles. The van der Waals surface area contributed by atoms with Crippen LogP contribution in [0.3, 0.4) is 0 Å². The molecule has 0 aliphatic carbocycles. The number of benzene rings is 2. The first-order chi connectivity index (χ1) is 10.5. The smallest absolute Gasteiger partial charge is 0.320 e. The van der Waals surface area contributed by atoms with Gasteiger partial charge in [-0.2, -0.15) is 0 Å². The van der Waals surface area contributed by atoms with E-state index in [1.165, 1.54) is 0 Å². The van der Waals surface area contributed by atoms with Crippen molar-refractivity contribution in [2.75, 3.05) is 14.2 Å². The van der Waals surface area contributed by atoms with Gasteiger partial charge in [-0.15, -0.1) is 0 Å². The van der Waals surface area contributed by atoms with Crippen LogP contribution < -0.4 is 15.2 Å². The molecular weight excluding hydrogens is 282 g/mol. The fourth-order valence-electron chi connectivity index (χ4n) is 2.15. The average molecular weight is 301 g/mol. The maximum atomic E-state index is 10.8. The van der Waals surface area contributed by atoms with E-state index in [0.717, 1.165) is 16.7 Å². The molecule has 0 unspecified atom stereocenters. The normalized spacial score (nSPS) is 11.8. The molecule has 0 aliphatic heterocycles. The van der Waals surface area contributed by atoms with Gasteiger partial charge in [0.25, 0.3) is 0 Å². The highest BCUT2D eigenvalue weighted by Crippen LogP contribution is 2.29. The number of rotatable bonds is 6. The van der Waals surface area contributed by atoms with Gasteiger partial charge in [0, 0.05) is 6.07 Å². The summed E-state index contributed by atoms with van der Waals surface area (Å²) in [7, 11) is 3.21. The monoisotopic (exact) mass is 301 g/mol. The molecule has 0 aliphatic rings. The highest BCUT2D eigenvalue weighted by atomic mass is 16.5. The van der Waals surface area contributed by atoms with E-state index in [4.69, 9.17) is 20.3 Å². The van der Waals surface area contributed by atoms with E-state index in [-0.39, 0.29) is 0 Å². The Bertz CT molecular complexity index is 630. The molecule has 0 spiro atoms. The molecule has 0 heterocycles. The molecule has 3 N–H and O–H groups in total. The van der Waals surface area contributed by atoms with E-state index < -0.39 is 12.0 Å². The van der Waals surface area contributed by atoms with Crippen LogP contribution in [0.5, 0.6) is 11.5 Å². The van der Waals surface area contributed by atoms with Gasteiger partial charge in [-0.1, -0.05) is 24.3 Å². The van der Waals surface area contributed by atoms with Crippen molar-refractivity contribution in [3.05, 3.63) is 48.0 Å². The highest BCUT2D eigenvalue weighted by molar-refractivity contribution is 5.73. The van der Waals surface area contributed by atoms with Gasteiger partial charge in [0.15, 0.2) is 0 Å². The molecule has 1 atom stereocenters. The first-order valence-electron chi connectivity index (χ1n) is 6.84. The fourth-order valence-corrected chi connectivity index (χ4v) is 2.15. The van der Waals surface area contributed by atoms with Crippen LogP contribution in [0, 0.1) is 0 Å². The minimum Gasteiger partial charge on any atom is -0.497 e. The Hall–Kier alpha value is -2.53. The van der Waals surface area contributed by atoms with E-state index in [0.29, 0.717) is 17.9 Å². The number of methoxy groups -OCH3 is 2. The number of aliphatic carboxylic acids is 1. The maximum absolute atomic E-state index is 10.8. The molecular formula is C17H19NO4. The molecule has 5 heteroatoms. The second kappa shape index (κ2) is 6.95. The van der Waals surface area contributed by atoms with Gasteiger partial charge in [-0.05, 0) is 35.2 Å². The fraction of sp³-hybridized carbons (Fsp3) is 0.235. The number of ether oxygens (including phenoxy) is 2. The lowest BCUT2D eigenvalue weighted by atomic mass is 10.0. The largest absolute Gasteiger partial charge is 0.497 e. The standard InChI is InChI=1S/C17H19NO4/c1-21-14-8-13(9-15(10-14)22-2)12-5-3-11(4-6-12)7-16(18)17(19)20/h3-6,8-10,16H,7,18H2,1-2H3,(H,19,20)/t16-/m1/s1. The summed E-state index contributed by atoms with van der Waals surface area (Å²) in [4.78, 5) is 10.8. The van der Waals surface area contributed by atoms with Gasteiger partial charge in [0.05, 0.1) is 14.2 Å². The molecule has 2 rings (SSSR count). The minimum atomic E-state index is -0.999. The Morgan fingerprint density at radius 3 is 2.05 bits per heavy atom. The molecule has 0 saturated heterocycles. The molecule has 2 aromatic rings. The van der Waals surface area contributed by atoms with Crippen molar-refractivity contribution in [3.8, 4) is 22.6 Å². The third-order valence-electron chi connectivity index (χ3n) is 3.41. The van der Waals surface area contributed by atoms with Crippen molar-refractivity contribution in [2.45, 2.75) is 12.5 Å². The van der Waals surface area contributed by atoms with Gasteiger partial charge < -0.3 is 20.3 Å². The first-order valence-corrected chi connectivity index (χ1v) is 6.84. The van der Waals surface area contributed by atoms with Gasteiger partial charge >= 0.3 is 5.97 Å². The molecule has 22 heavy (non-hydrogen) atoms. The quantitative estimate of drug-likeness (QED) is 0.855. The minimum absolute atomic E-state index is 0.303. The zero-order chi connectivity index (χ0) is 16.1. The van der Waals surface area contributed by atoms with Crippen molar-refractivity contribution in [1.29, 1.82) is 0 Å². The number of carboxylic acid groups (broad SMARTS) is 1. The van der Waals surface area contributed by atoms with Gasteiger partial charge in [0.1, 0.15) is 17.5 Å². The van der Waals surface area contributed by atoms with Crippen LogP contribution in [0.2, 0.25) is 0 Å². The van der Waals surface area contributed by atoms with E-state index in [9.17, 15) is 4.79 Å². The van der Waals surface area contributed by atoms with Crippen LogP contribution in [0.15, 0.2) is 42.5 Å². The predicted octanol–water partition coefficient (Wildman–Crippen LogP) is 2.33. The van der Waals surface area contributed by atoms with Crippen molar-refractivity contribution in [1.82, 2.24) is 0 Å². The number of carboxylic acids is 1. The molecule has 5 nitrogen and oxygen atoms in total. The number of nitrogens with two attached hydrogens (primary N) is 1. The number of carbonyl (C=O) groups is 1. The second-order valence-corrected chi connectivity index (χ2v) is 4.95. The summed E-state index contributed by atoms with van der Waals surface area (Å²) >= 11 is 0. The summed E-state index contributed by atoms with van der Waals surface area (Å²) in [5.74, 6) is 0.430. The van der Waals surface area contributed by atoms with Crippen molar-refractivity contribution >= 4 is 5.97 Å². The summed E-state index contributed by atoms with van der Waals surface area (Å²) in [6.45, 7) is 0. The van der Waals surface area contributed by atoms with Crippen LogP contribution >= 0.6 is 0 Å². The lowest BCUT2D eigenvalue weighted by molar-refractivity contribution is -0.138. The van der Waals surface area contributed by atoms with Crippen LogP contribution in [0.25, 0.3) is 11.1 Å². The molecule has 0 aromatic heterocycles. The van der Waals surface area contributed by atoms with Gasteiger partial charge in [-0.25, -0.2) is 0 Å². The molecule has 0 radical (unpaired) electrons. The second-order valence-electron chi connectivity index (χ2n) is 4.95. The zero-order valence-electron chi connectivity index (χ0n) is 12.6. The third kappa shape index (κ3) is 3.77. The topological polar surface area (TPSA) is 81.8 Å². The van der Waals surface area contributed by atoms with E-state index in [1.54, 1.807) is 14.2 Å². The Morgan fingerprint density at radius 1 is 1.05 bits per heavy atom. The van der Waals surface area contributed by atoms with Gasteiger partial charge in [-0.3, -0.25) is 4.79 Å². The van der Waals surface area contributed by atoms with Crippen LogP contribution in [0.1, 0.15) is 5.56 Å². The van der Waals surface area contributed by atoms with Crippen LogP contribution in [0.4, 0.5) is 0 Å². The summed E-state index contributed by atoms with van der Waals surface area (Å²) in [6, 6.07) is 12.4. The SMILES string of the molecule is COc1cc(OC)cc(-c2ccc(C[C@@H](N)C(=O)O)cc2)c1. The maximum Gasteiger partial charge on any atom is 0.320 e. The molecule has 0 saturated carbocycles. The van der Waals surface area contributed by atoms with E-state index in [2.05, 4.69) is 0 Å². The van der Waals surface area contributed by atoms with E-state index in [1.807, 2.05) is 42.5 Å². The highest BCUT2D eigenvalue weighted by Gasteiger charge is 2.12. The number of hydrogen-bond acceptors (Lipinski definition) is 4. The zero-order valence-corrected chi connectivity index (χ0v) is 12.6. The van der Waals surface area contributed by atoms with Crippen molar-refractivity contribution in [3.63, 3.8) is 0 Å². The van der Waals surface area contributed by atoms with Gasteiger partial charge in [0.2, 0.25) is 0 Å². The van der Waals surface area contributed by atoms with Crippen molar-refractivity contribution < 1.29 is 19.4 Å². The summed E-state index contributed by atoms with van der Waals surface area (Å²) in [5, 5.41) is 8.84. The van der Waals surface area contributed by atoms with Crippen LogP contribution in [-0.2, 0) is 11.2 Å². The lowest BCUT2D eigenvalue weighted by Gasteiger charge is -2.10. The van der Waals surface area contributed by atoms with Crippen LogP contribution in [-0.4, -0.2) is 31.3 Å². The molecule has 0 fully saturated rings. The summed E-state index contributed by atoms with van der Waals surface area (Å²) in [6.07, 6.45) is 0.303. The lowest BCUT2D eigenvalue weighted by Crippen LogP contribution is -2.32. The molecule has 0 amide bonds. The molecule has 0 bridgehead atoms. The number of hydrogen-bond donors (Lipinski definition) is 2. The average Bonchev–Trinajstić information content (AvgIpc) is 2.54. The Kier molecular flexibility index (Phi) is 5.01. The summed E-state index contributed by atoms with van der Waals surface area (Å²) < 4.78 is 10.5. The molecule has 116 valence electrons. The predicted molar refractivity (Wildman–Crippen MR) is 84.3 cm³/mol. The Morgan fingerprint density at radius 2 is 1.59 bits per heavy atom. The van der Waals surface area contributed by atoms with Crippen molar-refractivity contribution in [2.24, 2.45) is 5.73 Å².